The van der Waals surface area contributed by atoms with Crippen LogP contribution in [0.2, 0.25) is 0 Å². The molecule has 0 saturated carbocycles. The highest BCUT2D eigenvalue weighted by molar-refractivity contribution is 6.13. The average Bonchev–Trinajstić information content (AvgIpc) is 3.16. The molecule has 4 rings (SSSR count). The molecule has 0 fully saturated rings. The van der Waals surface area contributed by atoms with Crippen LogP contribution in [0, 0.1) is 0 Å². The summed E-state index contributed by atoms with van der Waals surface area (Å²) in [5.41, 5.74) is 5.22. The predicted molar refractivity (Wildman–Crippen MR) is 130 cm³/mol. The number of rotatable bonds is 7. The molecule has 2 aliphatic rings. The van der Waals surface area contributed by atoms with Crippen LogP contribution in [0.3, 0.4) is 0 Å². The molecule has 0 aromatic heterocycles. The molecule has 0 saturated heterocycles. The van der Waals surface area contributed by atoms with E-state index in [9.17, 15) is 19.2 Å². The average molecular weight is 458 g/mol. The van der Waals surface area contributed by atoms with Gasteiger partial charge in [0.1, 0.15) is 0 Å². The Morgan fingerprint density at radius 1 is 0.941 bits per heavy atom. The van der Waals surface area contributed by atoms with Gasteiger partial charge in [0.05, 0.1) is 12.2 Å². The standard InChI is InChI=1S/C27H27N3O4/c1-2-19-17-20-7-3-4-8-21(20)18-30(23-10-6-5-9-22(19)23)27(34)13-15-28-24(31)14-16-29-25(32)11-12-26(29)33/h3-12,17H,2,13-16,18H2,1H3,(H,28,31)/b19-17-. The summed E-state index contributed by atoms with van der Waals surface area (Å²) < 4.78 is 0. The molecule has 2 aliphatic heterocycles. The van der Waals surface area contributed by atoms with E-state index in [1.165, 1.54) is 12.2 Å². The fraction of sp³-hybridized carbons (Fsp3) is 0.259. The molecule has 4 amide bonds. The Labute approximate surface area is 198 Å². The quantitative estimate of drug-likeness (QED) is 0.647. The largest absolute Gasteiger partial charge is 0.356 e. The Kier molecular flexibility index (Phi) is 7.01. The molecule has 1 N–H and O–H groups in total. The first-order valence-electron chi connectivity index (χ1n) is 11.5. The van der Waals surface area contributed by atoms with E-state index in [0.29, 0.717) is 6.54 Å². The van der Waals surface area contributed by atoms with E-state index in [4.69, 9.17) is 0 Å². The van der Waals surface area contributed by atoms with Gasteiger partial charge < -0.3 is 10.2 Å². The number of allylic oxidation sites excluding steroid dienone is 1. The zero-order valence-electron chi connectivity index (χ0n) is 19.1. The summed E-state index contributed by atoms with van der Waals surface area (Å²) >= 11 is 0. The number of hydrogen-bond donors (Lipinski definition) is 1. The van der Waals surface area contributed by atoms with Gasteiger partial charge in [0.15, 0.2) is 0 Å². The highest BCUT2D eigenvalue weighted by Crippen LogP contribution is 2.35. The Balaban J connectivity index is 1.43. The smallest absolute Gasteiger partial charge is 0.253 e. The molecule has 0 radical (unpaired) electrons. The first-order valence-corrected chi connectivity index (χ1v) is 11.5. The van der Waals surface area contributed by atoms with Gasteiger partial charge in [0.25, 0.3) is 11.8 Å². The molecule has 34 heavy (non-hydrogen) atoms. The van der Waals surface area contributed by atoms with Crippen LogP contribution in [-0.2, 0) is 25.7 Å². The summed E-state index contributed by atoms with van der Waals surface area (Å²) in [5, 5.41) is 2.73. The molecule has 0 bridgehead atoms. The van der Waals surface area contributed by atoms with Crippen LogP contribution in [0.15, 0.2) is 60.7 Å². The van der Waals surface area contributed by atoms with Gasteiger partial charge >= 0.3 is 0 Å². The van der Waals surface area contributed by atoms with Crippen molar-refractivity contribution in [1.29, 1.82) is 0 Å². The number of anilines is 1. The first-order chi connectivity index (χ1) is 16.5. The van der Waals surface area contributed by atoms with Crippen LogP contribution in [0.1, 0.15) is 42.9 Å². The van der Waals surface area contributed by atoms with Crippen molar-refractivity contribution in [3.8, 4) is 0 Å². The number of nitrogens with one attached hydrogen (secondary N) is 1. The number of hydrogen-bond acceptors (Lipinski definition) is 4. The van der Waals surface area contributed by atoms with E-state index in [1.807, 2.05) is 42.5 Å². The second-order valence-corrected chi connectivity index (χ2v) is 8.23. The molecule has 0 aliphatic carbocycles. The Bertz CT molecular complexity index is 1180. The van der Waals surface area contributed by atoms with Gasteiger partial charge in [-0.05, 0) is 29.2 Å². The number of nitrogens with zero attached hydrogens (tertiary/aromatic N) is 2. The summed E-state index contributed by atoms with van der Waals surface area (Å²) in [6.45, 7) is 2.75. The van der Waals surface area contributed by atoms with E-state index in [1.54, 1.807) is 4.90 Å². The lowest BCUT2D eigenvalue weighted by Gasteiger charge is -2.29. The van der Waals surface area contributed by atoms with Crippen molar-refractivity contribution in [2.45, 2.75) is 32.7 Å². The van der Waals surface area contributed by atoms with Crippen LogP contribution in [0.4, 0.5) is 5.69 Å². The van der Waals surface area contributed by atoms with Crippen molar-refractivity contribution < 1.29 is 19.2 Å². The number of fused-ring (bicyclic) bond motifs is 2. The maximum atomic E-state index is 13.3. The third-order valence-electron chi connectivity index (χ3n) is 6.06. The fourth-order valence-corrected chi connectivity index (χ4v) is 4.23. The number of para-hydroxylation sites is 1. The zero-order valence-corrected chi connectivity index (χ0v) is 19.1. The summed E-state index contributed by atoms with van der Waals surface area (Å²) in [6, 6.07) is 16.0. The van der Waals surface area contributed by atoms with Crippen molar-refractivity contribution in [2.75, 3.05) is 18.0 Å². The van der Waals surface area contributed by atoms with Crippen LogP contribution in [-0.4, -0.2) is 41.6 Å². The maximum absolute atomic E-state index is 13.3. The number of benzene rings is 2. The number of imide groups is 1. The minimum atomic E-state index is -0.412. The SMILES string of the molecule is CC/C1=C/c2ccccc2CN(C(=O)CCNC(=O)CCN2C(=O)C=CC2=O)c2ccccc21. The van der Waals surface area contributed by atoms with Gasteiger partial charge in [-0.2, -0.15) is 0 Å². The van der Waals surface area contributed by atoms with Crippen LogP contribution in [0.25, 0.3) is 11.6 Å². The number of carbonyl (C=O) groups is 4. The Morgan fingerprint density at radius 3 is 2.41 bits per heavy atom. The second-order valence-electron chi connectivity index (χ2n) is 8.23. The normalized spacial score (nSPS) is 16.3. The third kappa shape index (κ3) is 4.98. The van der Waals surface area contributed by atoms with E-state index < -0.39 is 11.8 Å². The molecule has 2 heterocycles. The molecule has 0 spiro atoms. The van der Waals surface area contributed by atoms with Crippen LogP contribution < -0.4 is 10.2 Å². The predicted octanol–water partition coefficient (Wildman–Crippen LogP) is 3.31. The lowest BCUT2D eigenvalue weighted by molar-refractivity contribution is -0.137. The molecule has 7 heteroatoms. The van der Waals surface area contributed by atoms with Crippen molar-refractivity contribution in [1.82, 2.24) is 10.2 Å². The van der Waals surface area contributed by atoms with E-state index in [-0.39, 0.29) is 37.7 Å². The lowest BCUT2D eigenvalue weighted by atomic mass is 9.93. The van der Waals surface area contributed by atoms with E-state index >= 15 is 0 Å². The van der Waals surface area contributed by atoms with Gasteiger partial charge in [-0.25, -0.2) is 0 Å². The van der Waals surface area contributed by atoms with E-state index in [2.05, 4.69) is 24.4 Å². The lowest BCUT2D eigenvalue weighted by Crippen LogP contribution is -2.37. The molecule has 2 aromatic rings. The van der Waals surface area contributed by atoms with Crippen molar-refractivity contribution in [3.05, 3.63) is 77.4 Å². The summed E-state index contributed by atoms with van der Waals surface area (Å²) in [5.74, 6) is -1.22. The Hall–Kier alpha value is -4.00. The minimum absolute atomic E-state index is 0.00206. The Morgan fingerprint density at radius 2 is 1.65 bits per heavy atom. The third-order valence-corrected chi connectivity index (χ3v) is 6.06. The molecule has 0 unspecified atom stereocenters. The molecule has 174 valence electrons. The second kappa shape index (κ2) is 10.3. The van der Waals surface area contributed by atoms with Gasteiger partial charge in [0, 0.05) is 43.6 Å². The van der Waals surface area contributed by atoms with Crippen LogP contribution >= 0.6 is 0 Å². The van der Waals surface area contributed by atoms with Crippen molar-refractivity contribution in [2.24, 2.45) is 0 Å². The maximum Gasteiger partial charge on any atom is 0.253 e. The van der Waals surface area contributed by atoms with Crippen molar-refractivity contribution in [3.63, 3.8) is 0 Å². The molecule has 2 aromatic carbocycles. The minimum Gasteiger partial charge on any atom is -0.356 e. The van der Waals surface area contributed by atoms with Gasteiger partial charge in [-0.3, -0.25) is 24.1 Å². The molecular formula is C27H27N3O4. The highest BCUT2D eigenvalue weighted by atomic mass is 16.2. The van der Waals surface area contributed by atoms with E-state index in [0.717, 1.165) is 39.3 Å². The van der Waals surface area contributed by atoms with Crippen molar-refractivity contribution >= 4 is 41.0 Å². The molecule has 0 atom stereocenters. The fourth-order valence-electron chi connectivity index (χ4n) is 4.23. The van der Waals surface area contributed by atoms with Crippen LogP contribution in [0.5, 0.6) is 0 Å². The monoisotopic (exact) mass is 457 g/mol. The zero-order chi connectivity index (χ0) is 24.1. The highest BCUT2D eigenvalue weighted by Gasteiger charge is 2.25. The summed E-state index contributed by atoms with van der Waals surface area (Å²) in [4.78, 5) is 51.5. The summed E-state index contributed by atoms with van der Waals surface area (Å²) in [7, 11) is 0. The van der Waals surface area contributed by atoms with Gasteiger partial charge in [-0.15, -0.1) is 0 Å². The summed E-state index contributed by atoms with van der Waals surface area (Å²) in [6.07, 6.45) is 5.55. The first kappa shape index (κ1) is 23.2. The van der Waals surface area contributed by atoms with Gasteiger partial charge in [-0.1, -0.05) is 55.5 Å². The molecule has 7 nitrogen and oxygen atoms in total. The topological polar surface area (TPSA) is 86.8 Å². The molecular weight excluding hydrogens is 430 g/mol. The number of carbonyl (C=O) groups excluding carboxylic acids is 4. The number of amides is 4. The van der Waals surface area contributed by atoms with Gasteiger partial charge in [0.2, 0.25) is 11.8 Å².